The fourth-order valence-corrected chi connectivity index (χ4v) is 3.02. The Labute approximate surface area is 139 Å². The molecule has 0 atom stereocenters. The van der Waals surface area contributed by atoms with Gasteiger partial charge in [-0.05, 0) is 30.9 Å². The van der Waals surface area contributed by atoms with Gasteiger partial charge in [0.1, 0.15) is 5.75 Å². The van der Waals surface area contributed by atoms with E-state index in [9.17, 15) is 4.79 Å². The van der Waals surface area contributed by atoms with Crippen molar-refractivity contribution in [3.63, 3.8) is 0 Å². The molecule has 24 heavy (non-hydrogen) atoms. The van der Waals surface area contributed by atoms with Crippen LogP contribution in [0, 0.1) is 0 Å². The van der Waals surface area contributed by atoms with Crippen molar-refractivity contribution in [2.24, 2.45) is 0 Å². The number of carbonyl (C=O) groups is 1. The van der Waals surface area contributed by atoms with E-state index in [1.54, 1.807) is 0 Å². The SMILES string of the molecule is O=C1CCc2ccc(OCc3nnc(C4CCOCC4)o3)cc2N1. The summed E-state index contributed by atoms with van der Waals surface area (Å²) in [5, 5.41) is 11.0. The van der Waals surface area contributed by atoms with Gasteiger partial charge in [-0.15, -0.1) is 10.2 Å². The fourth-order valence-electron chi connectivity index (χ4n) is 3.02. The Morgan fingerprint density at radius 1 is 1.21 bits per heavy atom. The molecule has 2 aliphatic heterocycles. The van der Waals surface area contributed by atoms with Gasteiger partial charge in [-0.25, -0.2) is 0 Å². The number of ether oxygens (including phenoxy) is 2. The van der Waals surface area contributed by atoms with Gasteiger partial charge < -0.3 is 19.2 Å². The molecule has 0 saturated carbocycles. The first-order chi connectivity index (χ1) is 11.8. The molecule has 126 valence electrons. The minimum absolute atomic E-state index is 0.0395. The van der Waals surface area contributed by atoms with Crippen LogP contribution in [0.1, 0.15) is 42.5 Å². The van der Waals surface area contributed by atoms with Crippen molar-refractivity contribution >= 4 is 11.6 Å². The maximum atomic E-state index is 11.5. The highest BCUT2D eigenvalue weighted by Crippen LogP contribution is 2.28. The van der Waals surface area contributed by atoms with Gasteiger partial charge >= 0.3 is 0 Å². The quantitative estimate of drug-likeness (QED) is 0.927. The zero-order valence-electron chi connectivity index (χ0n) is 13.3. The number of carbonyl (C=O) groups excluding carboxylic acids is 1. The molecule has 1 N–H and O–H groups in total. The normalized spacial score (nSPS) is 18.1. The van der Waals surface area contributed by atoms with E-state index in [1.807, 2.05) is 18.2 Å². The Kier molecular flexibility index (Phi) is 4.17. The number of hydrogen-bond donors (Lipinski definition) is 1. The molecular weight excluding hydrogens is 310 g/mol. The van der Waals surface area contributed by atoms with Crippen LogP contribution in [0.5, 0.6) is 5.75 Å². The topological polar surface area (TPSA) is 86.5 Å². The molecule has 0 unspecified atom stereocenters. The molecule has 1 saturated heterocycles. The molecule has 4 rings (SSSR count). The van der Waals surface area contributed by atoms with E-state index in [4.69, 9.17) is 13.9 Å². The smallest absolute Gasteiger partial charge is 0.253 e. The Morgan fingerprint density at radius 2 is 2.08 bits per heavy atom. The number of benzene rings is 1. The lowest BCUT2D eigenvalue weighted by molar-refractivity contribution is -0.116. The number of nitrogens with one attached hydrogen (secondary N) is 1. The average Bonchev–Trinajstić information content (AvgIpc) is 3.09. The first-order valence-electron chi connectivity index (χ1n) is 8.23. The number of amides is 1. The average molecular weight is 329 g/mol. The third-order valence-corrected chi connectivity index (χ3v) is 4.39. The van der Waals surface area contributed by atoms with Crippen LogP contribution < -0.4 is 10.1 Å². The molecule has 0 aliphatic carbocycles. The van der Waals surface area contributed by atoms with Crippen LogP contribution in [0.4, 0.5) is 5.69 Å². The number of fused-ring (bicyclic) bond motifs is 1. The number of anilines is 1. The van der Waals surface area contributed by atoms with E-state index >= 15 is 0 Å². The van der Waals surface area contributed by atoms with E-state index in [-0.39, 0.29) is 18.4 Å². The first-order valence-corrected chi connectivity index (χ1v) is 8.23. The van der Waals surface area contributed by atoms with E-state index in [2.05, 4.69) is 15.5 Å². The van der Waals surface area contributed by atoms with Gasteiger partial charge in [0.2, 0.25) is 11.8 Å². The highest BCUT2D eigenvalue weighted by Gasteiger charge is 2.22. The lowest BCUT2D eigenvalue weighted by atomic mass is 10.0. The lowest BCUT2D eigenvalue weighted by Crippen LogP contribution is -2.18. The molecule has 3 heterocycles. The van der Waals surface area contributed by atoms with Crippen molar-refractivity contribution < 1.29 is 18.7 Å². The van der Waals surface area contributed by atoms with Crippen LogP contribution in [0.25, 0.3) is 0 Å². The van der Waals surface area contributed by atoms with Gasteiger partial charge in [-0.2, -0.15) is 0 Å². The van der Waals surface area contributed by atoms with Crippen molar-refractivity contribution in [3.05, 3.63) is 35.5 Å². The minimum Gasteiger partial charge on any atom is -0.484 e. The van der Waals surface area contributed by atoms with E-state index in [0.29, 0.717) is 24.0 Å². The summed E-state index contributed by atoms with van der Waals surface area (Å²) in [6.45, 7) is 1.68. The van der Waals surface area contributed by atoms with Crippen LogP contribution in [0.15, 0.2) is 22.6 Å². The van der Waals surface area contributed by atoms with Crippen LogP contribution in [-0.4, -0.2) is 29.3 Å². The largest absolute Gasteiger partial charge is 0.484 e. The van der Waals surface area contributed by atoms with Gasteiger partial charge in [-0.3, -0.25) is 4.79 Å². The monoisotopic (exact) mass is 329 g/mol. The molecule has 1 fully saturated rings. The highest BCUT2D eigenvalue weighted by molar-refractivity contribution is 5.94. The van der Waals surface area contributed by atoms with Crippen molar-refractivity contribution in [3.8, 4) is 5.75 Å². The third-order valence-electron chi connectivity index (χ3n) is 4.39. The first kappa shape index (κ1) is 15.1. The standard InChI is InChI=1S/C17H19N3O4/c21-15-4-2-11-1-3-13(9-14(11)18-15)23-10-16-19-20-17(24-16)12-5-7-22-8-6-12/h1,3,9,12H,2,4-8,10H2,(H,18,21). The summed E-state index contributed by atoms with van der Waals surface area (Å²) >= 11 is 0. The number of rotatable bonds is 4. The Hall–Kier alpha value is -2.41. The Bertz CT molecular complexity index is 737. The fraction of sp³-hybridized carbons (Fsp3) is 0.471. The summed E-state index contributed by atoms with van der Waals surface area (Å²) in [4.78, 5) is 11.5. The second kappa shape index (κ2) is 6.60. The zero-order chi connectivity index (χ0) is 16.4. The molecule has 1 amide bonds. The summed E-state index contributed by atoms with van der Waals surface area (Å²) < 4.78 is 16.8. The van der Waals surface area contributed by atoms with Crippen LogP contribution in [0.2, 0.25) is 0 Å². The summed E-state index contributed by atoms with van der Waals surface area (Å²) in [5.41, 5.74) is 1.94. The molecule has 7 nitrogen and oxygen atoms in total. The molecular formula is C17H19N3O4. The Morgan fingerprint density at radius 3 is 2.96 bits per heavy atom. The van der Waals surface area contributed by atoms with Crippen molar-refractivity contribution in [1.29, 1.82) is 0 Å². The summed E-state index contributed by atoms with van der Waals surface area (Å²) in [6.07, 6.45) is 3.11. The van der Waals surface area contributed by atoms with Crippen molar-refractivity contribution in [2.45, 2.75) is 38.2 Å². The van der Waals surface area contributed by atoms with Gasteiger partial charge in [0.15, 0.2) is 6.61 Å². The number of nitrogens with zero attached hydrogens (tertiary/aromatic N) is 2. The van der Waals surface area contributed by atoms with E-state index in [1.165, 1.54) is 0 Å². The predicted octanol–water partition coefficient (Wildman–Crippen LogP) is 2.43. The van der Waals surface area contributed by atoms with Gasteiger partial charge in [0.25, 0.3) is 5.89 Å². The van der Waals surface area contributed by atoms with Crippen LogP contribution in [-0.2, 0) is 22.6 Å². The van der Waals surface area contributed by atoms with Gasteiger partial charge in [0.05, 0.1) is 0 Å². The number of aryl methyl sites for hydroxylation is 1. The highest BCUT2D eigenvalue weighted by atomic mass is 16.5. The Balaban J connectivity index is 1.39. The zero-order valence-corrected chi connectivity index (χ0v) is 13.3. The van der Waals surface area contributed by atoms with E-state index < -0.39 is 0 Å². The summed E-state index contributed by atoms with van der Waals surface area (Å²) in [7, 11) is 0. The molecule has 7 heteroatoms. The lowest BCUT2D eigenvalue weighted by Gasteiger charge is -2.18. The molecule has 0 radical (unpaired) electrons. The maximum absolute atomic E-state index is 11.5. The van der Waals surface area contributed by atoms with Crippen LogP contribution >= 0.6 is 0 Å². The molecule has 2 aliphatic rings. The number of aromatic nitrogens is 2. The third kappa shape index (κ3) is 3.26. The minimum atomic E-state index is 0.0395. The molecule has 1 aromatic carbocycles. The molecule has 1 aromatic heterocycles. The molecule has 0 spiro atoms. The van der Waals surface area contributed by atoms with Crippen molar-refractivity contribution in [2.75, 3.05) is 18.5 Å². The summed E-state index contributed by atoms with van der Waals surface area (Å²) in [6, 6.07) is 5.71. The van der Waals surface area contributed by atoms with Crippen LogP contribution in [0.3, 0.4) is 0 Å². The van der Waals surface area contributed by atoms with E-state index in [0.717, 1.165) is 43.7 Å². The molecule has 0 bridgehead atoms. The maximum Gasteiger partial charge on any atom is 0.253 e. The molecule has 2 aromatic rings. The predicted molar refractivity (Wildman–Crippen MR) is 84.8 cm³/mol. The summed E-state index contributed by atoms with van der Waals surface area (Å²) in [5.74, 6) is 2.10. The second-order valence-electron chi connectivity index (χ2n) is 6.08. The van der Waals surface area contributed by atoms with Crippen molar-refractivity contribution in [1.82, 2.24) is 10.2 Å². The number of hydrogen-bond acceptors (Lipinski definition) is 6. The van der Waals surface area contributed by atoms with Gasteiger partial charge in [-0.1, -0.05) is 6.07 Å². The van der Waals surface area contributed by atoms with Gasteiger partial charge in [0, 0.05) is 37.3 Å². The second-order valence-corrected chi connectivity index (χ2v) is 6.08.